The fraction of sp³-hybridized carbons (Fsp3) is 0.429. The summed E-state index contributed by atoms with van der Waals surface area (Å²) in [6.45, 7) is 4.06. The van der Waals surface area contributed by atoms with Crippen LogP contribution in [0.5, 0.6) is 5.75 Å². The summed E-state index contributed by atoms with van der Waals surface area (Å²) < 4.78 is 4.58. The van der Waals surface area contributed by atoms with Crippen molar-refractivity contribution in [2.24, 2.45) is 0 Å². The quantitative estimate of drug-likeness (QED) is 0.823. The minimum Gasteiger partial charge on any atom is -0.508 e. The van der Waals surface area contributed by atoms with Crippen molar-refractivity contribution >= 4 is 11.9 Å². The smallest absolute Gasteiger partial charge is 0.325 e. The van der Waals surface area contributed by atoms with Gasteiger partial charge in [0.15, 0.2) is 0 Å². The Labute approximate surface area is 112 Å². The molecule has 0 aliphatic carbocycles. The molecule has 1 amide bonds. The summed E-state index contributed by atoms with van der Waals surface area (Å²) in [5.74, 6) is -0.542. The maximum atomic E-state index is 12.3. The largest absolute Gasteiger partial charge is 0.508 e. The van der Waals surface area contributed by atoms with E-state index in [-0.39, 0.29) is 18.2 Å². The Hall–Kier alpha value is -2.04. The number of carbonyl (C=O) groups is 2. The van der Waals surface area contributed by atoms with Crippen LogP contribution in [0.25, 0.3) is 0 Å². The van der Waals surface area contributed by atoms with Crippen LogP contribution in [0.3, 0.4) is 0 Å². The highest BCUT2D eigenvalue weighted by Crippen LogP contribution is 2.18. The van der Waals surface area contributed by atoms with E-state index in [1.165, 1.54) is 18.1 Å². The summed E-state index contributed by atoms with van der Waals surface area (Å²) in [5.41, 5.74) is 1.08. The Morgan fingerprint density at radius 3 is 2.58 bits per heavy atom. The molecule has 0 fully saturated rings. The summed E-state index contributed by atoms with van der Waals surface area (Å²) in [6.07, 6.45) is 0.750. The van der Waals surface area contributed by atoms with Crippen molar-refractivity contribution in [3.05, 3.63) is 29.3 Å². The van der Waals surface area contributed by atoms with Gasteiger partial charge in [-0.25, -0.2) is 0 Å². The number of esters is 1. The van der Waals surface area contributed by atoms with Crippen LogP contribution in [0.2, 0.25) is 0 Å². The topological polar surface area (TPSA) is 66.8 Å². The van der Waals surface area contributed by atoms with E-state index in [1.807, 2.05) is 6.92 Å². The number of carbonyl (C=O) groups excluding carboxylic acids is 2. The van der Waals surface area contributed by atoms with E-state index in [0.717, 1.165) is 6.42 Å². The van der Waals surface area contributed by atoms with Crippen LogP contribution in [-0.2, 0) is 9.53 Å². The van der Waals surface area contributed by atoms with Crippen molar-refractivity contribution in [1.82, 2.24) is 4.90 Å². The summed E-state index contributed by atoms with van der Waals surface area (Å²) in [6, 6.07) is 4.63. The van der Waals surface area contributed by atoms with Gasteiger partial charge >= 0.3 is 5.97 Å². The number of ether oxygens (including phenoxy) is 1. The number of rotatable bonds is 5. The average Bonchev–Trinajstić information content (AvgIpc) is 2.40. The van der Waals surface area contributed by atoms with E-state index in [9.17, 15) is 14.7 Å². The molecule has 0 unspecified atom stereocenters. The van der Waals surface area contributed by atoms with Crippen LogP contribution < -0.4 is 0 Å². The number of hydrogen-bond acceptors (Lipinski definition) is 4. The van der Waals surface area contributed by atoms with Crippen molar-refractivity contribution in [2.45, 2.75) is 20.3 Å². The lowest BCUT2D eigenvalue weighted by Crippen LogP contribution is -2.36. The number of amides is 1. The van der Waals surface area contributed by atoms with Gasteiger partial charge in [0.2, 0.25) is 0 Å². The zero-order valence-electron chi connectivity index (χ0n) is 11.5. The first-order valence-corrected chi connectivity index (χ1v) is 6.15. The highest BCUT2D eigenvalue weighted by Gasteiger charge is 2.18. The van der Waals surface area contributed by atoms with E-state index in [0.29, 0.717) is 17.7 Å². The van der Waals surface area contributed by atoms with Gasteiger partial charge < -0.3 is 14.7 Å². The Bertz CT molecular complexity index is 471. The molecule has 5 heteroatoms. The molecule has 1 rings (SSSR count). The highest BCUT2D eigenvalue weighted by molar-refractivity contribution is 5.96. The van der Waals surface area contributed by atoms with Gasteiger partial charge in [-0.1, -0.05) is 6.92 Å². The number of methoxy groups -OCH3 is 1. The maximum absolute atomic E-state index is 12.3. The summed E-state index contributed by atoms with van der Waals surface area (Å²) in [5, 5.41) is 9.45. The molecule has 0 bridgehead atoms. The molecule has 0 aliphatic rings. The van der Waals surface area contributed by atoms with Crippen molar-refractivity contribution in [2.75, 3.05) is 20.2 Å². The van der Waals surface area contributed by atoms with Crippen molar-refractivity contribution in [1.29, 1.82) is 0 Å². The third-order valence-corrected chi connectivity index (χ3v) is 2.77. The van der Waals surface area contributed by atoms with E-state index in [2.05, 4.69) is 4.74 Å². The molecule has 5 nitrogen and oxygen atoms in total. The molecular formula is C14H19NO4. The van der Waals surface area contributed by atoms with Gasteiger partial charge in [0.1, 0.15) is 12.3 Å². The predicted molar refractivity (Wildman–Crippen MR) is 71.1 cm³/mol. The van der Waals surface area contributed by atoms with Gasteiger partial charge in [-0.2, -0.15) is 0 Å². The minimum atomic E-state index is -0.447. The van der Waals surface area contributed by atoms with Gasteiger partial charge in [-0.05, 0) is 37.1 Å². The molecule has 1 aromatic rings. The second-order valence-corrected chi connectivity index (χ2v) is 4.30. The van der Waals surface area contributed by atoms with Crippen LogP contribution in [0, 0.1) is 6.92 Å². The Balaban J connectivity index is 2.91. The van der Waals surface area contributed by atoms with Gasteiger partial charge in [0, 0.05) is 12.1 Å². The third kappa shape index (κ3) is 3.98. The Kier molecular flexibility index (Phi) is 5.36. The van der Waals surface area contributed by atoms with E-state index in [4.69, 9.17) is 0 Å². The lowest BCUT2D eigenvalue weighted by Gasteiger charge is -2.21. The monoisotopic (exact) mass is 265 g/mol. The van der Waals surface area contributed by atoms with Gasteiger partial charge in [-0.15, -0.1) is 0 Å². The third-order valence-electron chi connectivity index (χ3n) is 2.77. The molecule has 1 aromatic carbocycles. The van der Waals surface area contributed by atoms with Crippen LogP contribution in [-0.4, -0.2) is 42.1 Å². The number of aryl methyl sites for hydroxylation is 1. The molecule has 104 valence electrons. The standard InChI is InChI=1S/C14H19NO4/c1-4-7-15(9-13(17)19-3)14(18)11-5-6-12(16)10(2)8-11/h5-6,8,16H,4,7,9H2,1-3H3. The molecule has 1 N–H and O–H groups in total. The fourth-order valence-electron chi connectivity index (χ4n) is 1.71. The van der Waals surface area contributed by atoms with Crippen LogP contribution in [0.1, 0.15) is 29.3 Å². The SMILES string of the molecule is CCCN(CC(=O)OC)C(=O)c1ccc(O)c(C)c1. The number of nitrogens with zero attached hydrogens (tertiary/aromatic N) is 1. The number of phenols is 1. The molecule has 0 aromatic heterocycles. The molecular weight excluding hydrogens is 246 g/mol. The van der Waals surface area contributed by atoms with E-state index in [1.54, 1.807) is 19.1 Å². The first-order valence-electron chi connectivity index (χ1n) is 6.15. The molecule has 0 spiro atoms. The van der Waals surface area contributed by atoms with Crippen molar-refractivity contribution < 1.29 is 19.4 Å². The fourth-order valence-corrected chi connectivity index (χ4v) is 1.71. The summed E-state index contributed by atoms with van der Waals surface area (Å²) >= 11 is 0. The minimum absolute atomic E-state index is 0.0664. The zero-order chi connectivity index (χ0) is 14.4. The van der Waals surface area contributed by atoms with Crippen LogP contribution >= 0.6 is 0 Å². The lowest BCUT2D eigenvalue weighted by molar-refractivity contribution is -0.141. The molecule has 0 saturated heterocycles. The normalized spacial score (nSPS) is 10.1. The summed E-state index contributed by atoms with van der Waals surface area (Å²) in [7, 11) is 1.29. The first kappa shape index (κ1) is 15.0. The number of benzene rings is 1. The number of phenolic OH excluding ortho intramolecular Hbond substituents is 1. The molecule has 0 heterocycles. The molecule has 0 aliphatic heterocycles. The lowest BCUT2D eigenvalue weighted by atomic mass is 10.1. The van der Waals surface area contributed by atoms with Crippen LogP contribution in [0.15, 0.2) is 18.2 Å². The molecule has 19 heavy (non-hydrogen) atoms. The predicted octanol–water partition coefficient (Wildman–Crippen LogP) is 1.73. The first-order chi connectivity index (χ1) is 8.99. The second kappa shape index (κ2) is 6.78. The molecule has 0 radical (unpaired) electrons. The molecule has 0 atom stereocenters. The number of aromatic hydroxyl groups is 1. The highest BCUT2D eigenvalue weighted by atomic mass is 16.5. The maximum Gasteiger partial charge on any atom is 0.325 e. The van der Waals surface area contributed by atoms with Gasteiger partial charge in [0.05, 0.1) is 7.11 Å². The Morgan fingerprint density at radius 2 is 2.05 bits per heavy atom. The van der Waals surface area contributed by atoms with Crippen molar-refractivity contribution in [3.8, 4) is 5.75 Å². The van der Waals surface area contributed by atoms with E-state index < -0.39 is 5.97 Å². The van der Waals surface area contributed by atoms with E-state index >= 15 is 0 Å². The van der Waals surface area contributed by atoms with Gasteiger partial charge in [0.25, 0.3) is 5.91 Å². The Morgan fingerprint density at radius 1 is 1.37 bits per heavy atom. The average molecular weight is 265 g/mol. The van der Waals surface area contributed by atoms with Gasteiger partial charge in [-0.3, -0.25) is 9.59 Å². The molecule has 0 saturated carbocycles. The second-order valence-electron chi connectivity index (χ2n) is 4.30. The van der Waals surface area contributed by atoms with Crippen LogP contribution in [0.4, 0.5) is 0 Å². The number of hydrogen-bond donors (Lipinski definition) is 1. The zero-order valence-corrected chi connectivity index (χ0v) is 11.5. The summed E-state index contributed by atoms with van der Waals surface area (Å²) in [4.78, 5) is 25.0. The van der Waals surface area contributed by atoms with Crippen molar-refractivity contribution in [3.63, 3.8) is 0 Å².